The molecule has 3 rings (SSSR count). The van der Waals surface area contributed by atoms with Gasteiger partial charge in [-0.25, -0.2) is 0 Å². The average molecular weight is 428 g/mol. The molecule has 126 valence electrons. The number of guanidine groups is 1. The van der Waals surface area contributed by atoms with Crippen molar-refractivity contribution in [2.75, 3.05) is 25.5 Å². The third-order valence-electron chi connectivity index (χ3n) is 4.43. The second-order valence-electron chi connectivity index (χ2n) is 6.15. The number of halogens is 1. The van der Waals surface area contributed by atoms with E-state index in [2.05, 4.69) is 26.6 Å². The molecule has 1 heterocycles. The number of hydrogen-bond donors (Lipinski definition) is 2. The van der Waals surface area contributed by atoms with Crippen molar-refractivity contribution in [3.63, 3.8) is 0 Å². The van der Waals surface area contributed by atoms with Crippen LogP contribution in [0.2, 0.25) is 0 Å². The number of likely N-dealkylation sites (N-methyl/N-ethyl adjacent to an activating group) is 1. The summed E-state index contributed by atoms with van der Waals surface area (Å²) in [4.78, 5) is 18.7. The number of nitrogens with zero attached hydrogens (tertiary/aromatic N) is 2. The van der Waals surface area contributed by atoms with Crippen LogP contribution in [0.15, 0.2) is 29.3 Å². The van der Waals surface area contributed by atoms with Crippen molar-refractivity contribution in [2.24, 2.45) is 10.9 Å². The van der Waals surface area contributed by atoms with Crippen molar-refractivity contribution >= 4 is 41.5 Å². The minimum atomic E-state index is 0. The first kappa shape index (κ1) is 18.0. The van der Waals surface area contributed by atoms with Crippen molar-refractivity contribution < 1.29 is 4.79 Å². The number of hydrogen-bond acceptors (Lipinski definition) is 4. The van der Waals surface area contributed by atoms with Gasteiger partial charge in [0.1, 0.15) is 0 Å². The Kier molecular flexibility index (Phi) is 6.68. The van der Waals surface area contributed by atoms with Gasteiger partial charge in [0.2, 0.25) is 5.91 Å². The molecule has 0 aromatic heterocycles. The Morgan fingerprint density at radius 2 is 2.13 bits per heavy atom. The number of carbonyl (C=O) groups excluding carboxylic acids is 1. The van der Waals surface area contributed by atoms with Crippen LogP contribution >= 0.6 is 24.0 Å². The molecule has 0 spiro atoms. The first-order valence-corrected chi connectivity index (χ1v) is 8.11. The number of benzene rings is 1. The first-order valence-electron chi connectivity index (χ1n) is 8.11. The third kappa shape index (κ3) is 4.83. The minimum Gasteiger partial charge on any atom is -0.352 e. The molecule has 1 aliphatic carbocycles. The normalized spacial score (nSPS) is 17.6. The maximum absolute atomic E-state index is 12.2. The van der Waals surface area contributed by atoms with Gasteiger partial charge in [-0.15, -0.1) is 24.0 Å². The van der Waals surface area contributed by atoms with Gasteiger partial charge in [-0.05, 0) is 30.5 Å². The Morgan fingerprint density at radius 3 is 2.83 bits per heavy atom. The van der Waals surface area contributed by atoms with Gasteiger partial charge in [-0.1, -0.05) is 25.0 Å². The lowest BCUT2D eigenvalue weighted by Gasteiger charge is -2.16. The van der Waals surface area contributed by atoms with E-state index in [9.17, 15) is 4.79 Å². The van der Waals surface area contributed by atoms with Crippen molar-refractivity contribution in [1.82, 2.24) is 10.2 Å². The topological polar surface area (TPSA) is 56.7 Å². The van der Waals surface area contributed by atoms with Gasteiger partial charge in [0.05, 0.1) is 6.54 Å². The van der Waals surface area contributed by atoms with Gasteiger partial charge in [0.25, 0.3) is 0 Å². The first-order chi connectivity index (χ1) is 10.7. The zero-order valence-electron chi connectivity index (χ0n) is 13.5. The van der Waals surface area contributed by atoms with Gasteiger partial charge in [-0.2, -0.15) is 0 Å². The molecular formula is C17H25IN4O. The van der Waals surface area contributed by atoms with Gasteiger partial charge < -0.3 is 15.5 Å². The van der Waals surface area contributed by atoms with Gasteiger partial charge in [0, 0.05) is 31.7 Å². The molecule has 1 aliphatic heterocycles. The van der Waals surface area contributed by atoms with Crippen molar-refractivity contribution in [1.29, 1.82) is 0 Å². The molecular weight excluding hydrogens is 403 g/mol. The second-order valence-corrected chi connectivity index (χ2v) is 6.15. The van der Waals surface area contributed by atoms with E-state index >= 15 is 0 Å². The maximum atomic E-state index is 12.2. The number of carbonyl (C=O) groups is 1. The fourth-order valence-electron chi connectivity index (χ4n) is 3.10. The number of rotatable bonds is 4. The Morgan fingerprint density at radius 1 is 1.35 bits per heavy atom. The third-order valence-corrected chi connectivity index (χ3v) is 4.43. The molecule has 23 heavy (non-hydrogen) atoms. The average Bonchev–Trinajstić information content (AvgIpc) is 3.17. The lowest BCUT2D eigenvalue weighted by Crippen LogP contribution is -2.35. The summed E-state index contributed by atoms with van der Waals surface area (Å²) in [5, 5.41) is 6.40. The quantitative estimate of drug-likeness (QED) is 0.726. The molecule has 1 saturated carbocycles. The van der Waals surface area contributed by atoms with Gasteiger partial charge in [0.15, 0.2) is 5.96 Å². The fourth-order valence-corrected chi connectivity index (χ4v) is 3.10. The molecule has 1 amide bonds. The van der Waals surface area contributed by atoms with Crippen molar-refractivity contribution in [3.8, 4) is 0 Å². The van der Waals surface area contributed by atoms with Crippen LogP contribution in [0.3, 0.4) is 0 Å². The molecule has 6 heteroatoms. The van der Waals surface area contributed by atoms with E-state index in [0.717, 1.165) is 49.7 Å². The van der Waals surface area contributed by atoms with Crippen LogP contribution in [0.1, 0.15) is 31.2 Å². The fraction of sp³-hybridized carbons (Fsp3) is 0.529. The molecule has 1 aromatic carbocycles. The maximum Gasteiger partial charge on any atom is 0.227 e. The smallest absolute Gasteiger partial charge is 0.227 e. The van der Waals surface area contributed by atoms with Crippen LogP contribution in [0.25, 0.3) is 0 Å². The van der Waals surface area contributed by atoms with E-state index in [1.165, 1.54) is 12.8 Å². The van der Waals surface area contributed by atoms with E-state index in [1.54, 1.807) is 0 Å². The molecule has 5 nitrogen and oxygen atoms in total. The van der Waals surface area contributed by atoms with Crippen LogP contribution < -0.4 is 10.6 Å². The Balaban J connectivity index is 0.00000192. The summed E-state index contributed by atoms with van der Waals surface area (Å²) in [7, 11) is 2.04. The van der Waals surface area contributed by atoms with Crippen LogP contribution in [0.5, 0.6) is 0 Å². The van der Waals surface area contributed by atoms with Gasteiger partial charge in [-0.3, -0.25) is 9.79 Å². The highest BCUT2D eigenvalue weighted by Gasteiger charge is 2.22. The molecule has 0 unspecified atom stereocenters. The number of nitrogens with one attached hydrogen (secondary N) is 2. The van der Waals surface area contributed by atoms with Crippen LogP contribution in [-0.2, 0) is 11.3 Å². The molecule has 0 saturated heterocycles. The van der Waals surface area contributed by atoms with E-state index < -0.39 is 0 Å². The summed E-state index contributed by atoms with van der Waals surface area (Å²) in [6.07, 6.45) is 4.41. The van der Waals surface area contributed by atoms with Crippen LogP contribution in [0.4, 0.5) is 5.69 Å². The highest BCUT2D eigenvalue weighted by atomic mass is 127. The summed E-state index contributed by atoms with van der Waals surface area (Å²) >= 11 is 0. The monoisotopic (exact) mass is 428 g/mol. The Bertz CT molecular complexity index is 569. The predicted molar refractivity (Wildman–Crippen MR) is 104 cm³/mol. The van der Waals surface area contributed by atoms with Gasteiger partial charge >= 0.3 is 0 Å². The summed E-state index contributed by atoms with van der Waals surface area (Å²) in [5.74, 6) is 1.31. The number of aliphatic imine (C=N–C) groups is 1. The molecule has 1 fully saturated rings. The molecule has 0 atom stereocenters. The molecule has 0 bridgehead atoms. The minimum absolute atomic E-state index is 0. The summed E-state index contributed by atoms with van der Waals surface area (Å²) in [6, 6.07) is 8.04. The predicted octanol–water partition coefficient (Wildman–Crippen LogP) is 2.82. The summed E-state index contributed by atoms with van der Waals surface area (Å²) in [6.45, 7) is 2.55. The standard InChI is InChI=1S/C17H24N4O.HI/c1-21-10-9-18-17(21)19-12-13-5-4-8-15(11-13)20-16(22)14-6-2-3-7-14;/h4-5,8,11,14H,2-3,6-7,9-10,12H2,1H3,(H,18,19)(H,20,22);1H. The summed E-state index contributed by atoms with van der Waals surface area (Å²) < 4.78 is 0. The molecule has 1 aromatic rings. The van der Waals surface area contributed by atoms with Crippen LogP contribution in [-0.4, -0.2) is 36.9 Å². The van der Waals surface area contributed by atoms with E-state index in [4.69, 9.17) is 0 Å². The lowest BCUT2D eigenvalue weighted by molar-refractivity contribution is -0.119. The molecule has 0 radical (unpaired) electrons. The Labute approximate surface area is 154 Å². The number of anilines is 1. The van der Waals surface area contributed by atoms with E-state index in [1.807, 2.05) is 25.2 Å². The molecule has 2 aliphatic rings. The van der Waals surface area contributed by atoms with Crippen molar-refractivity contribution in [2.45, 2.75) is 32.2 Å². The van der Waals surface area contributed by atoms with E-state index in [0.29, 0.717) is 0 Å². The van der Waals surface area contributed by atoms with Crippen LogP contribution in [0, 0.1) is 5.92 Å². The zero-order chi connectivity index (χ0) is 15.4. The second kappa shape index (κ2) is 8.52. The number of amides is 1. The highest BCUT2D eigenvalue weighted by Crippen LogP contribution is 2.26. The Hall–Kier alpha value is -1.31. The van der Waals surface area contributed by atoms with Crippen molar-refractivity contribution in [3.05, 3.63) is 29.8 Å². The van der Waals surface area contributed by atoms with E-state index in [-0.39, 0.29) is 35.8 Å². The zero-order valence-corrected chi connectivity index (χ0v) is 15.9. The summed E-state index contributed by atoms with van der Waals surface area (Å²) in [5.41, 5.74) is 2.03. The largest absolute Gasteiger partial charge is 0.352 e. The lowest BCUT2D eigenvalue weighted by atomic mass is 10.1. The highest BCUT2D eigenvalue weighted by molar-refractivity contribution is 14.0. The molecule has 2 N–H and O–H groups in total. The SMILES string of the molecule is CN1CCN=C1NCc1cccc(NC(=O)C2CCCC2)c1.I.